The van der Waals surface area contributed by atoms with Crippen molar-refractivity contribution in [3.63, 3.8) is 0 Å². The first-order valence-corrected chi connectivity index (χ1v) is 30.8. The van der Waals surface area contributed by atoms with E-state index in [1.54, 1.807) is 24.0 Å². The fourth-order valence-corrected chi connectivity index (χ4v) is 11.1. The summed E-state index contributed by atoms with van der Waals surface area (Å²) in [7, 11) is 0. The van der Waals surface area contributed by atoms with Crippen molar-refractivity contribution >= 4 is 11.6 Å². The molecule has 41 nitrogen and oxygen atoms in total. The highest BCUT2D eigenvalue weighted by atomic mass is 35.5. The molecular weight excluding hydrogens is 1290 g/mol. The van der Waals surface area contributed by atoms with Crippen molar-refractivity contribution in [3.05, 3.63) is 59.5 Å². The van der Waals surface area contributed by atoms with Crippen LogP contribution in [0.2, 0.25) is 0 Å². The molecule has 23 atom stereocenters. The topological polar surface area (TPSA) is 548 Å². The van der Waals surface area contributed by atoms with Gasteiger partial charge in [-0.05, 0) is 6.42 Å². The monoisotopic (exact) mass is 1370 g/mol. The van der Waals surface area contributed by atoms with Gasteiger partial charge in [-0.25, -0.2) is 23.4 Å². The summed E-state index contributed by atoms with van der Waals surface area (Å²) in [5.74, 6) is -2.58. The Labute approximate surface area is 538 Å². The van der Waals surface area contributed by atoms with Crippen LogP contribution in [-0.4, -0.2) is 326 Å². The van der Waals surface area contributed by atoms with Crippen molar-refractivity contribution in [2.45, 2.75) is 226 Å². The van der Waals surface area contributed by atoms with Crippen molar-refractivity contribution in [1.29, 1.82) is 0 Å². The largest absolute Gasteiger partial charge is 0.394 e. The molecule has 3 unspecified atom stereocenters. The minimum atomic E-state index is -2.07. The molecule has 5 saturated heterocycles. The highest BCUT2D eigenvalue weighted by Gasteiger charge is 2.58. The SMILES string of the molecule is CC[C@H]1O[C@@H](OCc2cn(CCOCCOCCn3cc(CO[C@@H]4O[C@H](Cn5cc(CO[C@@H]6O[C@H](Cn7cc(COCc8cn(C[C@H]9O[C@@](CCl)(O[C@H]%10O[C@H](CO)C[C@H](O)[C@H]%10O)[C@@H](O)[C@@H]9O)nn8)nn7)C(O)[C@H](O)[C@@H]6O)nn5)C(O)[C@H](O)[C@@H]4O)nn3)nn2)[C@@H](O)[C@@H](O)C1O. The van der Waals surface area contributed by atoms with Crippen molar-refractivity contribution in [2.75, 3.05) is 38.9 Å². The molecule has 5 aromatic rings. The summed E-state index contributed by atoms with van der Waals surface area (Å²) >= 11 is 6.15. The van der Waals surface area contributed by atoms with Crippen molar-refractivity contribution in [1.82, 2.24) is 75.0 Å². The second kappa shape index (κ2) is 33.0. The highest BCUT2D eigenvalue weighted by molar-refractivity contribution is 6.18. The minimum Gasteiger partial charge on any atom is -0.394 e. The van der Waals surface area contributed by atoms with Crippen LogP contribution in [0.3, 0.4) is 0 Å². The number of aromatic nitrogens is 15. The van der Waals surface area contributed by atoms with Gasteiger partial charge in [0.15, 0.2) is 25.2 Å². The number of rotatable bonds is 33. The molecule has 5 aliphatic heterocycles. The number of hydrogen-bond donors (Lipinski definition) is 14. The Balaban J connectivity index is 0.601. The number of aliphatic hydroxyl groups is 14. The van der Waals surface area contributed by atoms with Gasteiger partial charge in [-0.2, -0.15) is 0 Å². The molecule has 0 spiro atoms. The van der Waals surface area contributed by atoms with Crippen LogP contribution in [-0.2, 0) is 123 Å². The number of aliphatic hydroxyl groups excluding tert-OH is 14. The number of halogens is 1. The van der Waals surface area contributed by atoms with Gasteiger partial charge in [-0.3, -0.25) is 0 Å². The molecule has 526 valence electrons. The smallest absolute Gasteiger partial charge is 0.214 e. The van der Waals surface area contributed by atoms with Gasteiger partial charge in [-0.15, -0.1) is 37.1 Å². The average Bonchev–Trinajstić information content (AvgIpc) is 1.59. The number of hydrogen-bond acceptors (Lipinski definition) is 36. The Morgan fingerprint density at radius 1 is 0.447 bits per heavy atom. The molecule has 0 saturated carbocycles. The molecule has 42 heteroatoms. The molecule has 0 bridgehead atoms. The molecule has 10 heterocycles. The van der Waals surface area contributed by atoms with Crippen LogP contribution in [0.4, 0.5) is 0 Å². The summed E-state index contributed by atoms with van der Waals surface area (Å²) in [5, 5.41) is 188. The lowest BCUT2D eigenvalue weighted by atomic mass is 9.97. The van der Waals surface area contributed by atoms with Gasteiger partial charge >= 0.3 is 0 Å². The first kappa shape index (κ1) is 71.7. The van der Waals surface area contributed by atoms with E-state index in [1.165, 1.54) is 37.3 Å². The molecule has 0 aromatic carbocycles. The van der Waals surface area contributed by atoms with E-state index < -0.39 is 153 Å². The first-order valence-electron chi connectivity index (χ1n) is 30.3. The second-order valence-electron chi connectivity index (χ2n) is 23.1. The Bertz CT molecular complexity index is 3080. The molecule has 5 fully saturated rings. The zero-order valence-electron chi connectivity index (χ0n) is 50.6. The molecule has 14 N–H and O–H groups in total. The predicted octanol–water partition coefficient (Wildman–Crippen LogP) is -9.22. The summed E-state index contributed by atoms with van der Waals surface area (Å²) in [6, 6.07) is 0. The molecule has 0 amide bonds. The first-order chi connectivity index (χ1) is 45.2. The fraction of sp³-hybridized carbons (Fsp3) is 0.808. The fourth-order valence-electron chi connectivity index (χ4n) is 10.8. The van der Waals surface area contributed by atoms with E-state index in [2.05, 4.69) is 51.6 Å². The lowest BCUT2D eigenvalue weighted by molar-refractivity contribution is -0.359. The normalized spacial score (nSPS) is 35.6. The Morgan fingerprint density at radius 2 is 0.840 bits per heavy atom. The third-order valence-corrected chi connectivity index (χ3v) is 16.5. The van der Waals surface area contributed by atoms with Crippen LogP contribution in [0, 0.1) is 0 Å². The van der Waals surface area contributed by atoms with E-state index in [0.29, 0.717) is 48.9 Å². The zero-order valence-corrected chi connectivity index (χ0v) is 51.3. The number of alkyl halides is 1. The van der Waals surface area contributed by atoms with E-state index >= 15 is 0 Å². The van der Waals surface area contributed by atoms with Crippen LogP contribution in [0.25, 0.3) is 0 Å². The molecule has 0 aliphatic carbocycles. The molecule has 94 heavy (non-hydrogen) atoms. The van der Waals surface area contributed by atoms with Gasteiger partial charge in [0, 0.05) is 6.42 Å². The van der Waals surface area contributed by atoms with Gasteiger partial charge in [0.25, 0.3) is 0 Å². The van der Waals surface area contributed by atoms with Crippen molar-refractivity contribution < 1.29 is 128 Å². The van der Waals surface area contributed by atoms with Crippen molar-refractivity contribution in [3.8, 4) is 0 Å². The second-order valence-corrected chi connectivity index (χ2v) is 23.4. The standard InChI is InChI=1S/C52H80ClN15O26/c1-2-32-37(72)41(76)44(79)48(90-32)86-21-27-10-64(59-56-27)3-5-83-7-8-84-6-4-65-11-28(57-60-65)22-87-49-45(80)43(78)39(74)34(92-49)16-67-14-29(58-63-67)23-88-50-46(81)42(77)38(73)33(91-50)15-66-12-25(54-61-66)19-85-20-26-13-68(62-55-26)17-35-40(75)47(82)52(24-53,93-35)94-51-36(71)31(70)9-30(18-69)89-51/h10-14,30-51,69-82H,2-9,15-24H2,1H3/t30-,31-,32+,33+,34+,35+,36+,37?,38?,39?,40+,41-,42-,43-,44-,45-,46-,47-,48+,49+,50+,51+,52-/m0/s1. The van der Waals surface area contributed by atoms with E-state index in [-0.39, 0.29) is 84.6 Å². The lowest BCUT2D eigenvalue weighted by Gasteiger charge is -2.41. The quantitative estimate of drug-likeness (QED) is 0.0137. The Morgan fingerprint density at radius 3 is 1.27 bits per heavy atom. The maximum atomic E-state index is 10.9. The van der Waals surface area contributed by atoms with E-state index in [4.69, 9.17) is 68.4 Å². The third-order valence-electron chi connectivity index (χ3n) is 16.1. The Hall–Kier alpha value is -5.05. The van der Waals surface area contributed by atoms with E-state index in [1.807, 2.05) is 0 Å². The summed E-state index contributed by atoms with van der Waals surface area (Å²) < 4.78 is 75.7. The maximum absolute atomic E-state index is 10.9. The van der Waals surface area contributed by atoms with Crippen LogP contribution in [0.5, 0.6) is 0 Å². The van der Waals surface area contributed by atoms with Crippen LogP contribution >= 0.6 is 11.6 Å². The summed E-state index contributed by atoms with van der Waals surface area (Å²) in [6.45, 7) is 1.99. The number of ether oxygens (including phenoxy) is 12. The van der Waals surface area contributed by atoms with Crippen LogP contribution < -0.4 is 0 Å². The van der Waals surface area contributed by atoms with Crippen LogP contribution in [0.15, 0.2) is 31.0 Å². The van der Waals surface area contributed by atoms with Gasteiger partial charge < -0.3 is 128 Å². The minimum absolute atomic E-state index is 0.0464. The third kappa shape index (κ3) is 17.6. The van der Waals surface area contributed by atoms with Crippen molar-refractivity contribution in [2.24, 2.45) is 0 Å². The molecular formula is C52H80ClN15O26. The van der Waals surface area contributed by atoms with Gasteiger partial charge in [0.1, 0.15) is 120 Å². The predicted molar refractivity (Wildman–Crippen MR) is 299 cm³/mol. The number of nitrogens with zero attached hydrogens (tertiary/aromatic N) is 15. The molecule has 0 radical (unpaired) electrons. The summed E-state index contributed by atoms with van der Waals surface area (Å²) in [4.78, 5) is 0. The molecule has 5 aliphatic rings. The van der Waals surface area contributed by atoms with Crippen LogP contribution in [0.1, 0.15) is 48.2 Å². The Kier molecular flexibility index (Phi) is 25.2. The zero-order chi connectivity index (χ0) is 66.8. The van der Waals surface area contributed by atoms with Gasteiger partial charge in [0.2, 0.25) is 5.79 Å². The molecule has 5 aromatic heterocycles. The average molecular weight is 1370 g/mol. The van der Waals surface area contributed by atoms with E-state index in [0.717, 1.165) is 0 Å². The molecule has 10 rings (SSSR count). The summed E-state index contributed by atoms with van der Waals surface area (Å²) in [5.41, 5.74) is 1.73. The maximum Gasteiger partial charge on any atom is 0.214 e. The highest BCUT2D eigenvalue weighted by Crippen LogP contribution is 2.38. The van der Waals surface area contributed by atoms with Gasteiger partial charge in [0.05, 0.1) is 154 Å². The lowest BCUT2D eigenvalue weighted by Crippen LogP contribution is -2.59. The van der Waals surface area contributed by atoms with Gasteiger partial charge in [-0.1, -0.05) is 33.0 Å². The summed E-state index contributed by atoms with van der Waals surface area (Å²) in [6.07, 6.45) is -22.7. The van der Waals surface area contributed by atoms with E-state index in [9.17, 15) is 71.5 Å².